The van der Waals surface area contributed by atoms with Crippen molar-refractivity contribution in [3.8, 4) is 0 Å². The molecule has 0 spiro atoms. The molecule has 1 fully saturated rings. The molecule has 0 unspecified atom stereocenters. The SMILES string of the molecule is CC(=O)OCCOCCOCCOC(=O)C[S+]1CCCC1. The van der Waals surface area contributed by atoms with Gasteiger partial charge in [0.1, 0.15) is 24.7 Å². The number of ether oxygens (including phenoxy) is 4. The summed E-state index contributed by atoms with van der Waals surface area (Å²) in [6, 6.07) is 0. The smallest absolute Gasteiger partial charge is 0.356 e. The van der Waals surface area contributed by atoms with Crippen molar-refractivity contribution in [3.05, 3.63) is 0 Å². The monoisotopic (exact) mass is 321 g/mol. The molecule has 1 aliphatic rings. The zero-order chi connectivity index (χ0) is 15.3. The van der Waals surface area contributed by atoms with E-state index in [9.17, 15) is 9.59 Å². The maximum Gasteiger partial charge on any atom is 0.356 e. The maximum atomic E-state index is 11.5. The lowest BCUT2D eigenvalue weighted by Gasteiger charge is -2.07. The highest BCUT2D eigenvalue weighted by Crippen LogP contribution is 2.13. The second-order valence-electron chi connectivity index (χ2n) is 4.66. The van der Waals surface area contributed by atoms with Crippen LogP contribution in [0.25, 0.3) is 0 Å². The molecule has 0 aromatic rings. The second kappa shape index (κ2) is 11.8. The molecule has 0 bridgehead atoms. The van der Waals surface area contributed by atoms with Crippen LogP contribution in [0.2, 0.25) is 0 Å². The average molecular weight is 321 g/mol. The summed E-state index contributed by atoms with van der Waals surface area (Å²) in [4.78, 5) is 22.0. The molecule has 0 aromatic carbocycles. The Kier molecular flexibility index (Phi) is 10.3. The van der Waals surface area contributed by atoms with E-state index in [1.807, 2.05) is 0 Å². The van der Waals surface area contributed by atoms with Crippen LogP contribution in [-0.4, -0.2) is 68.8 Å². The Labute approximate surface area is 128 Å². The van der Waals surface area contributed by atoms with E-state index in [0.717, 1.165) is 0 Å². The van der Waals surface area contributed by atoms with Crippen molar-refractivity contribution < 1.29 is 28.5 Å². The number of hydrogen-bond acceptors (Lipinski definition) is 6. The van der Waals surface area contributed by atoms with E-state index < -0.39 is 0 Å². The number of hydrogen-bond donors (Lipinski definition) is 0. The first-order valence-corrected chi connectivity index (χ1v) is 9.00. The van der Waals surface area contributed by atoms with Gasteiger partial charge < -0.3 is 18.9 Å². The van der Waals surface area contributed by atoms with Crippen LogP contribution < -0.4 is 0 Å². The van der Waals surface area contributed by atoms with Crippen LogP contribution in [0.1, 0.15) is 19.8 Å². The number of carbonyl (C=O) groups is 2. The quantitative estimate of drug-likeness (QED) is 0.314. The summed E-state index contributed by atoms with van der Waals surface area (Å²) >= 11 is 0. The fourth-order valence-corrected chi connectivity index (χ4v) is 3.98. The molecule has 0 saturated carbocycles. The fraction of sp³-hybridized carbons (Fsp3) is 0.857. The zero-order valence-corrected chi connectivity index (χ0v) is 13.5. The minimum absolute atomic E-state index is 0.110. The molecule has 122 valence electrons. The Morgan fingerprint density at radius 3 is 1.95 bits per heavy atom. The molecule has 1 saturated heterocycles. The minimum atomic E-state index is -0.310. The normalized spacial score (nSPS) is 15.1. The van der Waals surface area contributed by atoms with E-state index in [0.29, 0.717) is 38.8 Å². The Morgan fingerprint density at radius 2 is 1.38 bits per heavy atom. The van der Waals surface area contributed by atoms with Gasteiger partial charge in [0.25, 0.3) is 0 Å². The van der Waals surface area contributed by atoms with E-state index in [4.69, 9.17) is 18.9 Å². The largest absolute Gasteiger partial charge is 0.463 e. The van der Waals surface area contributed by atoms with Crippen molar-refractivity contribution in [2.75, 3.05) is 56.9 Å². The molecule has 0 atom stereocenters. The van der Waals surface area contributed by atoms with Crippen LogP contribution in [0.15, 0.2) is 0 Å². The molecule has 7 heteroatoms. The van der Waals surface area contributed by atoms with Gasteiger partial charge in [-0.25, -0.2) is 4.79 Å². The van der Waals surface area contributed by atoms with Gasteiger partial charge in [-0.2, -0.15) is 0 Å². The predicted octanol–water partition coefficient (Wildman–Crippen LogP) is 0.538. The topological polar surface area (TPSA) is 71.1 Å². The summed E-state index contributed by atoms with van der Waals surface area (Å²) in [6.07, 6.45) is 2.49. The van der Waals surface area contributed by atoms with Gasteiger partial charge in [-0.3, -0.25) is 4.79 Å². The molecule has 1 aliphatic heterocycles. The van der Waals surface area contributed by atoms with Crippen molar-refractivity contribution in [2.45, 2.75) is 19.8 Å². The standard InChI is InChI=1S/C14H25O6S/c1-13(15)19-8-6-17-4-5-18-7-9-20-14(16)12-21-10-2-3-11-21/h2-12H2,1H3/q+1. The summed E-state index contributed by atoms with van der Waals surface area (Å²) in [6.45, 7) is 3.52. The molecule has 6 nitrogen and oxygen atoms in total. The lowest BCUT2D eigenvalue weighted by molar-refractivity contribution is -0.144. The first-order chi connectivity index (χ1) is 10.2. The van der Waals surface area contributed by atoms with E-state index >= 15 is 0 Å². The second-order valence-corrected chi connectivity index (χ2v) is 6.99. The third-order valence-corrected chi connectivity index (χ3v) is 5.21. The third-order valence-electron chi connectivity index (χ3n) is 2.83. The molecule has 1 heterocycles. The van der Waals surface area contributed by atoms with E-state index in [2.05, 4.69) is 0 Å². The van der Waals surface area contributed by atoms with Crippen LogP contribution in [0, 0.1) is 0 Å². The van der Waals surface area contributed by atoms with Gasteiger partial charge in [-0.15, -0.1) is 0 Å². The highest BCUT2D eigenvalue weighted by molar-refractivity contribution is 7.97. The first kappa shape index (κ1) is 18.3. The minimum Gasteiger partial charge on any atom is -0.463 e. The van der Waals surface area contributed by atoms with E-state index in [1.165, 1.54) is 31.3 Å². The van der Waals surface area contributed by atoms with Crippen LogP contribution in [-0.2, 0) is 39.4 Å². The molecular weight excluding hydrogens is 296 g/mol. The Morgan fingerprint density at radius 1 is 0.857 bits per heavy atom. The van der Waals surface area contributed by atoms with Crippen molar-refractivity contribution in [1.29, 1.82) is 0 Å². The molecule has 1 rings (SSSR count). The van der Waals surface area contributed by atoms with Crippen LogP contribution in [0.3, 0.4) is 0 Å². The van der Waals surface area contributed by atoms with E-state index in [-0.39, 0.29) is 29.4 Å². The molecular formula is C14H25O6S+. The van der Waals surface area contributed by atoms with Gasteiger partial charge in [-0.1, -0.05) is 0 Å². The van der Waals surface area contributed by atoms with Crippen LogP contribution in [0.5, 0.6) is 0 Å². The van der Waals surface area contributed by atoms with Crippen molar-refractivity contribution in [2.24, 2.45) is 0 Å². The molecule has 0 N–H and O–H groups in total. The summed E-state index contributed by atoms with van der Waals surface area (Å²) in [7, 11) is 0.254. The maximum absolute atomic E-state index is 11.5. The Hall–Kier alpha value is -0.790. The fourth-order valence-electron chi connectivity index (χ4n) is 1.85. The van der Waals surface area contributed by atoms with Gasteiger partial charge in [0.15, 0.2) is 0 Å². The van der Waals surface area contributed by atoms with Gasteiger partial charge >= 0.3 is 11.9 Å². The van der Waals surface area contributed by atoms with Gasteiger partial charge in [-0.05, 0) is 23.7 Å². The van der Waals surface area contributed by atoms with Crippen molar-refractivity contribution >= 4 is 22.8 Å². The van der Waals surface area contributed by atoms with Gasteiger partial charge in [0.05, 0.1) is 26.4 Å². The molecule has 0 radical (unpaired) electrons. The number of carbonyl (C=O) groups excluding carboxylic acids is 2. The average Bonchev–Trinajstić information content (AvgIpc) is 2.93. The van der Waals surface area contributed by atoms with Gasteiger partial charge in [0.2, 0.25) is 5.75 Å². The summed E-state index contributed by atoms with van der Waals surface area (Å²) in [5, 5.41) is 0. The summed E-state index contributed by atoms with van der Waals surface area (Å²) in [5.74, 6) is 2.50. The first-order valence-electron chi connectivity index (χ1n) is 7.27. The molecule has 0 aliphatic carbocycles. The molecule has 0 amide bonds. The number of rotatable bonds is 11. The predicted molar refractivity (Wildman–Crippen MR) is 80.4 cm³/mol. The summed E-state index contributed by atoms with van der Waals surface area (Å²) < 4.78 is 20.3. The Bertz CT molecular complexity index is 304. The highest BCUT2D eigenvalue weighted by Gasteiger charge is 2.27. The zero-order valence-electron chi connectivity index (χ0n) is 12.6. The van der Waals surface area contributed by atoms with Crippen molar-refractivity contribution in [3.63, 3.8) is 0 Å². The highest BCUT2D eigenvalue weighted by atomic mass is 32.2. The number of esters is 2. The van der Waals surface area contributed by atoms with Crippen LogP contribution >= 0.6 is 0 Å². The Balaban J connectivity index is 1.79. The van der Waals surface area contributed by atoms with Crippen LogP contribution in [0.4, 0.5) is 0 Å². The third kappa shape index (κ3) is 10.6. The molecule has 0 aromatic heterocycles. The summed E-state index contributed by atoms with van der Waals surface area (Å²) in [5.41, 5.74) is 0. The lowest BCUT2D eigenvalue weighted by atomic mass is 10.4. The van der Waals surface area contributed by atoms with Crippen molar-refractivity contribution in [1.82, 2.24) is 0 Å². The lowest BCUT2D eigenvalue weighted by Crippen LogP contribution is -2.22. The van der Waals surface area contributed by atoms with E-state index in [1.54, 1.807) is 0 Å². The molecule has 21 heavy (non-hydrogen) atoms. The van der Waals surface area contributed by atoms with Gasteiger partial charge in [0, 0.05) is 6.92 Å².